The highest BCUT2D eigenvalue weighted by molar-refractivity contribution is 5.81. The average Bonchev–Trinajstić information content (AvgIpc) is 2.37. The van der Waals surface area contributed by atoms with E-state index in [0.29, 0.717) is 5.75 Å². The molecule has 0 aliphatic carbocycles. The second-order valence-electron chi connectivity index (χ2n) is 3.17. The van der Waals surface area contributed by atoms with Crippen LogP contribution in [0.25, 0.3) is 0 Å². The molecule has 0 saturated heterocycles. The van der Waals surface area contributed by atoms with E-state index in [-0.39, 0.29) is 6.61 Å². The van der Waals surface area contributed by atoms with Crippen molar-refractivity contribution in [2.45, 2.75) is 0 Å². The lowest BCUT2D eigenvalue weighted by Gasteiger charge is -2.04. The number of ether oxygens (including phenoxy) is 2. The quantitative estimate of drug-likeness (QED) is 0.444. The number of hydrogen-bond acceptors (Lipinski definition) is 5. The van der Waals surface area contributed by atoms with Crippen molar-refractivity contribution in [2.75, 3.05) is 13.7 Å². The lowest BCUT2D eigenvalue weighted by Crippen LogP contribution is -2.24. The molecule has 0 unspecified atom stereocenters. The number of carbonyl (C=O) groups is 2. The molecule has 1 aromatic rings. The van der Waals surface area contributed by atoms with Crippen LogP contribution in [0.1, 0.15) is 5.56 Å². The van der Waals surface area contributed by atoms with Crippen LogP contribution in [0.3, 0.4) is 0 Å². The van der Waals surface area contributed by atoms with E-state index in [2.05, 4.69) is 15.3 Å². The van der Waals surface area contributed by atoms with Gasteiger partial charge in [0, 0.05) is 0 Å². The minimum absolute atomic E-state index is 0.146. The zero-order valence-corrected chi connectivity index (χ0v) is 9.75. The molecule has 2 amide bonds. The van der Waals surface area contributed by atoms with Crippen LogP contribution in [0.2, 0.25) is 0 Å². The van der Waals surface area contributed by atoms with Crippen molar-refractivity contribution in [3.05, 3.63) is 29.8 Å². The number of primary amides is 1. The molecule has 0 radical (unpaired) electrons. The molecular weight excluding hydrogens is 238 g/mol. The Labute approximate surface area is 104 Å². The standard InChI is InChI=1S/C11H13N3O4/c1-17-10(15)7-18-9-4-2-8(3-5-9)6-13-14-11(12)16/h2-6H,7H2,1H3,(H3,12,14,16)/b13-6-. The average molecular weight is 251 g/mol. The van der Waals surface area contributed by atoms with Gasteiger partial charge < -0.3 is 15.2 Å². The fourth-order valence-electron chi connectivity index (χ4n) is 1.02. The van der Waals surface area contributed by atoms with Gasteiger partial charge in [-0.05, 0) is 29.8 Å². The fourth-order valence-corrected chi connectivity index (χ4v) is 1.02. The molecule has 0 aliphatic heterocycles. The SMILES string of the molecule is COC(=O)COc1ccc(/C=N\NC(N)=O)cc1. The van der Waals surface area contributed by atoms with Gasteiger partial charge in [-0.25, -0.2) is 15.0 Å². The van der Waals surface area contributed by atoms with E-state index < -0.39 is 12.0 Å². The maximum atomic E-state index is 10.8. The molecule has 0 spiro atoms. The van der Waals surface area contributed by atoms with Gasteiger partial charge in [-0.2, -0.15) is 5.10 Å². The lowest BCUT2D eigenvalue weighted by atomic mass is 10.2. The first-order valence-electron chi connectivity index (χ1n) is 5.00. The van der Waals surface area contributed by atoms with Gasteiger partial charge in [0.1, 0.15) is 5.75 Å². The van der Waals surface area contributed by atoms with Crippen LogP contribution in [0.15, 0.2) is 29.4 Å². The Balaban J connectivity index is 2.49. The molecule has 96 valence electrons. The lowest BCUT2D eigenvalue weighted by molar-refractivity contribution is -0.142. The van der Waals surface area contributed by atoms with Crippen LogP contribution in [0.5, 0.6) is 5.75 Å². The first kappa shape index (κ1) is 13.5. The smallest absolute Gasteiger partial charge is 0.343 e. The Hall–Kier alpha value is -2.57. The van der Waals surface area contributed by atoms with E-state index in [4.69, 9.17) is 10.5 Å². The predicted octanol–water partition coefficient (Wildman–Crippen LogP) is 0.241. The summed E-state index contributed by atoms with van der Waals surface area (Å²) in [4.78, 5) is 21.2. The predicted molar refractivity (Wildman–Crippen MR) is 64.3 cm³/mol. The Bertz CT molecular complexity index is 442. The van der Waals surface area contributed by atoms with Gasteiger partial charge in [-0.1, -0.05) is 0 Å². The number of hydrogen-bond donors (Lipinski definition) is 2. The second kappa shape index (κ2) is 6.89. The Morgan fingerprint density at radius 1 is 1.39 bits per heavy atom. The number of nitrogens with one attached hydrogen (secondary N) is 1. The van der Waals surface area contributed by atoms with Crippen LogP contribution < -0.4 is 15.9 Å². The largest absolute Gasteiger partial charge is 0.482 e. The number of urea groups is 1. The molecule has 0 aliphatic rings. The third-order valence-corrected chi connectivity index (χ3v) is 1.85. The Morgan fingerprint density at radius 3 is 2.61 bits per heavy atom. The molecule has 0 aromatic heterocycles. The minimum atomic E-state index is -0.732. The number of esters is 1. The summed E-state index contributed by atoms with van der Waals surface area (Å²) in [6, 6.07) is 6.00. The van der Waals surface area contributed by atoms with Gasteiger partial charge >= 0.3 is 12.0 Å². The van der Waals surface area contributed by atoms with Crippen molar-refractivity contribution in [1.82, 2.24) is 5.43 Å². The van der Waals surface area contributed by atoms with Crippen molar-refractivity contribution < 1.29 is 19.1 Å². The highest BCUT2D eigenvalue weighted by Gasteiger charge is 2.01. The molecule has 7 nitrogen and oxygen atoms in total. The first-order chi connectivity index (χ1) is 8.61. The summed E-state index contributed by atoms with van der Waals surface area (Å²) in [5.41, 5.74) is 7.65. The summed E-state index contributed by atoms with van der Waals surface area (Å²) in [7, 11) is 1.29. The van der Waals surface area contributed by atoms with Gasteiger partial charge in [-0.15, -0.1) is 0 Å². The van der Waals surface area contributed by atoms with Crippen LogP contribution in [-0.2, 0) is 9.53 Å². The van der Waals surface area contributed by atoms with Gasteiger partial charge in [-0.3, -0.25) is 0 Å². The highest BCUT2D eigenvalue weighted by Crippen LogP contribution is 2.10. The van der Waals surface area contributed by atoms with Gasteiger partial charge in [0.2, 0.25) is 0 Å². The van der Waals surface area contributed by atoms with E-state index in [9.17, 15) is 9.59 Å². The number of hydrazone groups is 1. The number of carbonyl (C=O) groups excluding carboxylic acids is 2. The van der Waals surface area contributed by atoms with Crippen LogP contribution in [0, 0.1) is 0 Å². The van der Waals surface area contributed by atoms with E-state index >= 15 is 0 Å². The summed E-state index contributed by atoms with van der Waals surface area (Å²) < 4.78 is 9.58. The van der Waals surface area contributed by atoms with E-state index in [1.165, 1.54) is 13.3 Å². The van der Waals surface area contributed by atoms with Crippen molar-refractivity contribution in [3.8, 4) is 5.75 Å². The van der Waals surface area contributed by atoms with E-state index in [0.717, 1.165) is 5.56 Å². The van der Waals surface area contributed by atoms with Gasteiger partial charge in [0.25, 0.3) is 0 Å². The van der Waals surface area contributed by atoms with Crippen LogP contribution in [-0.4, -0.2) is 31.9 Å². The molecule has 1 aromatic carbocycles. The number of amides is 2. The summed E-state index contributed by atoms with van der Waals surface area (Å²) in [6.45, 7) is -0.146. The molecule has 0 fully saturated rings. The van der Waals surface area contributed by atoms with Crippen molar-refractivity contribution in [3.63, 3.8) is 0 Å². The summed E-state index contributed by atoms with van der Waals surface area (Å²) in [6.07, 6.45) is 1.43. The van der Waals surface area contributed by atoms with E-state index in [1.54, 1.807) is 24.3 Å². The molecule has 3 N–H and O–H groups in total. The number of nitrogens with two attached hydrogens (primary N) is 1. The van der Waals surface area contributed by atoms with E-state index in [1.807, 2.05) is 0 Å². The maximum Gasteiger partial charge on any atom is 0.343 e. The summed E-state index contributed by atoms with van der Waals surface area (Å²) >= 11 is 0. The molecular formula is C11H13N3O4. The molecule has 1 rings (SSSR count). The monoisotopic (exact) mass is 251 g/mol. The van der Waals surface area contributed by atoms with Crippen molar-refractivity contribution >= 4 is 18.2 Å². The number of nitrogens with zero attached hydrogens (tertiary/aromatic N) is 1. The first-order valence-corrected chi connectivity index (χ1v) is 5.00. The molecule has 18 heavy (non-hydrogen) atoms. The number of methoxy groups -OCH3 is 1. The topological polar surface area (TPSA) is 103 Å². The summed E-state index contributed by atoms with van der Waals surface area (Å²) in [5, 5.41) is 3.59. The van der Waals surface area contributed by atoms with Gasteiger partial charge in [0.05, 0.1) is 13.3 Å². The molecule has 0 atom stereocenters. The Kier molecular flexibility index (Phi) is 5.17. The van der Waals surface area contributed by atoms with Crippen molar-refractivity contribution in [1.29, 1.82) is 0 Å². The zero-order chi connectivity index (χ0) is 13.4. The normalized spacial score (nSPS) is 10.1. The third kappa shape index (κ3) is 4.97. The summed E-state index contributed by atoms with van der Waals surface area (Å²) in [5.74, 6) is 0.0757. The highest BCUT2D eigenvalue weighted by atomic mass is 16.6. The number of rotatable bonds is 5. The Morgan fingerprint density at radius 2 is 2.06 bits per heavy atom. The fraction of sp³-hybridized carbons (Fsp3) is 0.182. The van der Waals surface area contributed by atoms with Gasteiger partial charge in [0.15, 0.2) is 6.61 Å². The molecule has 0 bridgehead atoms. The van der Waals surface area contributed by atoms with Crippen LogP contribution >= 0.6 is 0 Å². The second-order valence-corrected chi connectivity index (χ2v) is 3.17. The molecule has 0 heterocycles. The maximum absolute atomic E-state index is 10.8. The minimum Gasteiger partial charge on any atom is -0.482 e. The van der Waals surface area contributed by atoms with Crippen molar-refractivity contribution in [2.24, 2.45) is 10.8 Å². The zero-order valence-electron chi connectivity index (χ0n) is 9.75. The third-order valence-electron chi connectivity index (χ3n) is 1.85. The molecule has 0 saturated carbocycles. The number of benzene rings is 1. The van der Waals surface area contributed by atoms with Crippen LogP contribution in [0.4, 0.5) is 4.79 Å². The molecule has 7 heteroatoms.